The molecule has 0 saturated heterocycles. The third-order valence-corrected chi connectivity index (χ3v) is 3.12. The number of nitrogens with one attached hydrogen (secondary N) is 1. The first-order valence-corrected chi connectivity index (χ1v) is 6.22. The second kappa shape index (κ2) is 5.19. The zero-order chi connectivity index (χ0) is 12.3. The predicted octanol–water partition coefficient (Wildman–Crippen LogP) is 3.60. The summed E-state index contributed by atoms with van der Waals surface area (Å²) in [5.41, 5.74) is 1.84. The van der Waals surface area contributed by atoms with Crippen LogP contribution in [0.5, 0.6) is 0 Å². The summed E-state index contributed by atoms with van der Waals surface area (Å²) in [6.45, 7) is 1.54. The fourth-order valence-electron chi connectivity index (χ4n) is 1.59. The topological polar surface area (TPSA) is 32.9 Å². The minimum Gasteiger partial charge on any atom is -0.361 e. The van der Waals surface area contributed by atoms with E-state index in [1.807, 2.05) is 18.3 Å². The van der Waals surface area contributed by atoms with Gasteiger partial charge in [-0.25, -0.2) is 4.39 Å². The van der Waals surface area contributed by atoms with E-state index in [9.17, 15) is 9.18 Å². The molecule has 4 heteroatoms. The Morgan fingerprint density at radius 2 is 2.35 bits per heavy atom. The highest BCUT2D eigenvalue weighted by molar-refractivity contribution is 8.13. The molecule has 0 atom stereocenters. The van der Waals surface area contributed by atoms with E-state index in [0.717, 1.165) is 16.5 Å². The maximum Gasteiger partial charge on any atom is 0.186 e. The molecule has 0 spiro atoms. The van der Waals surface area contributed by atoms with Gasteiger partial charge >= 0.3 is 0 Å². The number of halogens is 1. The van der Waals surface area contributed by atoms with Gasteiger partial charge < -0.3 is 4.98 Å². The van der Waals surface area contributed by atoms with Crippen molar-refractivity contribution in [1.82, 2.24) is 4.98 Å². The lowest BCUT2D eigenvalue weighted by Crippen LogP contribution is -1.81. The molecule has 2 nitrogen and oxygen atoms in total. The molecule has 0 radical (unpaired) electrons. The van der Waals surface area contributed by atoms with Gasteiger partial charge in [-0.05, 0) is 23.8 Å². The number of carbonyl (C=O) groups is 1. The van der Waals surface area contributed by atoms with Crippen LogP contribution in [0.4, 0.5) is 4.39 Å². The Labute approximate surface area is 103 Å². The SMILES string of the molecule is CC(=O)SCC=Cc1c[nH]c2ccc(F)cc12. The molecule has 88 valence electrons. The van der Waals surface area contributed by atoms with Gasteiger partial charge in [0.2, 0.25) is 0 Å². The van der Waals surface area contributed by atoms with Crippen LogP contribution in [0.1, 0.15) is 12.5 Å². The first-order valence-electron chi connectivity index (χ1n) is 5.23. The first kappa shape index (κ1) is 11.9. The number of H-pyrrole nitrogens is 1. The molecule has 0 aliphatic carbocycles. The summed E-state index contributed by atoms with van der Waals surface area (Å²) in [5.74, 6) is 0.391. The standard InChI is InChI=1S/C13H12FNOS/c1-9(16)17-6-2-3-10-8-15-13-5-4-11(14)7-12(10)13/h2-5,7-8,15H,6H2,1H3. The van der Waals surface area contributed by atoms with Crippen LogP contribution < -0.4 is 0 Å². The predicted molar refractivity (Wildman–Crippen MR) is 70.4 cm³/mol. The molecule has 0 saturated carbocycles. The fourth-order valence-corrected chi connectivity index (χ4v) is 2.02. The maximum atomic E-state index is 13.1. The van der Waals surface area contributed by atoms with Crippen LogP contribution in [0.15, 0.2) is 30.5 Å². The number of carbonyl (C=O) groups excluding carboxylic acids is 1. The fraction of sp³-hybridized carbons (Fsp3) is 0.154. The highest BCUT2D eigenvalue weighted by Crippen LogP contribution is 2.20. The van der Waals surface area contributed by atoms with Crippen LogP contribution in [0.2, 0.25) is 0 Å². The summed E-state index contributed by atoms with van der Waals surface area (Å²) < 4.78 is 13.1. The van der Waals surface area contributed by atoms with Crippen molar-refractivity contribution < 1.29 is 9.18 Å². The molecule has 0 bridgehead atoms. The van der Waals surface area contributed by atoms with Crippen molar-refractivity contribution in [2.75, 3.05) is 5.75 Å². The molecule has 17 heavy (non-hydrogen) atoms. The Kier molecular flexibility index (Phi) is 3.64. The highest BCUT2D eigenvalue weighted by Gasteiger charge is 2.01. The van der Waals surface area contributed by atoms with Crippen LogP contribution >= 0.6 is 11.8 Å². The molecule has 2 aromatic rings. The van der Waals surface area contributed by atoms with Crippen molar-refractivity contribution in [3.05, 3.63) is 41.9 Å². The van der Waals surface area contributed by atoms with Crippen LogP contribution in [-0.2, 0) is 4.79 Å². The van der Waals surface area contributed by atoms with Gasteiger partial charge in [0.1, 0.15) is 5.82 Å². The number of thioether (sulfide) groups is 1. The summed E-state index contributed by atoms with van der Waals surface area (Å²) in [6, 6.07) is 4.65. The minimum absolute atomic E-state index is 0.0969. The summed E-state index contributed by atoms with van der Waals surface area (Å²) >= 11 is 1.25. The van der Waals surface area contributed by atoms with Crippen molar-refractivity contribution >= 4 is 33.9 Å². The van der Waals surface area contributed by atoms with E-state index in [1.54, 1.807) is 13.0 Å². The first-order chi connectivity index (χ1) is 8.16. The molecule has 1 aromatic heterocycles. The van der Waals surface area contributed by atoms with E-state index >= 15 is 0 Å². The van der Waals surface area contributed by atoms with Gasteiger partial charge in [-0.2, -0.15) is 0 Å². The lowest BCUT2D eigenvalue weighted by atomic mass is 10.1. The van der Waals surface area contributed by atoms with Gasteiger partial charge in [-0.3, -0.25) is 4.79 Å². The van der Waals surface area contributed by atoms with Crippen LogP contribution in [0, 0.1) is 5.82 Å². The Bertz CT molecular complexity index is 574. The van der Waals surface area contributed by atoms with E-state index in [1.165, 1.54) is 23.9 Å². The van der Waals surface area contributed by atoms with E-state index in [-0.39, 0.29) is 10.9 Å². The molecule has 1 aromatic carbocycles. The molecule has 0 aliphatic rings. The second-order valence-electron chi connectivity index (χ2n) is 3.64. The molecule has 0 aliphatic heterocycles. The Morgan fingerprint density at radius 3 is 3.12 bits per heavy atom. The van der Waals surface area contributed by atoms with Crippen LogP contribution in [-0.4, -0.2) is 15.9 Å². The molecular weight excluding hydrogens is 237 g/mol. The number of hydrogen-bond acceptors (Lipinski definition) is 2. The normalized spacial score (nSPS) is 11.4. The van der Waals surface area contributed by atoms with Gasteiger partial charge in [-0.15, -0.1) is 0 Å². The number of benzene rings is 1. The second-order valence-corrected chi connectivity index (χ2v) is 4.84. The third-order valence-electron chi connectivity index (χ3n) is 2.36. The molecule has 2 rings (SSSR count). The van der Waals surface area contributed by atoms with E-state index in [2.05, 4.69) is 4.98 Å². The van der Waals surface area contributed by atoms with Crippen molar-refractivity contribution in [1.29, 1.82) is 0 Å². The summed E-state index contributed by atoms with van der Waals surface area (Å²) in [4.78, 5) is 13.8. The zero-order valence-corrected chi connectivity index (χ0v) is 10.2. The van der Waals surface area contributed by atoms with E-state index in [4.69, 9.17) is 0 Å². The lowest BCUT2D eigenvalue weighted by molar-refractivity contribution is -0.109. The lowest BCUT2D eigenvalue weighted by Gasteiger charge is -1.93. The summed E-state index contributed by atoms with van der Waals surface area (Å²) in [7, 11) is 0. The van der Waals surface area contributed by atoms with Gasteiger partial charge in [0, 0.05) is 29.8 Å². The third kappa shape index (κ3) is 2.97. The maximum absolute atomic E-state index is 13.1. The minimum atomic E-state index is -0.245. The average Bonchev–Trinajstić information content (AvgIpc) is 2.67. The number of aromatic amines is 1. The van der Waals surface area contributed by atoms with Crippen molar-refractivity contribution in [3.63, 3.8) is 0 Å². The number of aromatic nitrogens is 1. The van der Waals surface area contributed by atoms with Gasteiger partial charge in [0.15, 0.2) is 5.12 Å². The largest absolute Gasteiger partial charge is 0.361 e. The molecule has 1 N–H and O–H groups in total. The Hall–Kier alpha value is -1.55. The van der Waals surface area contributed by atoms with Crippen LogP contribution in [0.25, 0.3) is 17.0 Å². The molecule has 0 unspecified atom stereocenters. The number of hydrogen-bond donors (Lipinski definition) is 1. The van der Waals surface area contributed by atoms with E-state index in [0.29, 0.717) is 5.75 Å². The smallest absolute Gasteiger partial charge is 0.186 e. The van der Waals surface area contributed by atoms with E-state index < -0.39 is 0 Å². The van der Waals surface area contributed by atoms with Crippen molar-refractivity contribution in [2.24, 2.45) is 0 Å². The van der Waals surface area contributed by atoms with Gasteiger partial charge in [0.05, 0.1) is 0 Å². The quantitative estimate of drug-likeness (QED) is 0.901. The number of rotatable bonds is 3. The van der Waals surface area contributed by atoms with Crippen molar-refractivity contribution in [3.8, 4) is 0 Å². The van der Waals surface area contributed by atoms with Crippen LogP contribution in [0.3, 0.4) is 0 Å². The average molecular weight is 249 g/mol. The summed E-state index contributed by atoms with van der Waals surface area (Å²) in [6.07, 6.45) is 5.63. The monoisotopic (exact) mass is 249 g/mol. The Balaban J connectivity index is 2.18. The van der Waals surface area contributed by atoms with Gasteiger partial charge in [0.25, 0.3) is 0 Å². The zero-order valence-electron chi connectivity index (χ0n) is 9.37. The summed E-state index contributed by atoms with van der Waals surface area (Å²) in [5, 5.41) is 0.952. The highest BCUT2D eigenvalue weighted by atomic mass is 32.2. The molecular formula is C13H12FNOS. The molecule has 0 amide bonds. The number of fused-ring (bicyclic) bond motifs is 1. The molecule has 1 heterocycles. The Morgan fingerprint density at radius 1 is 1.53 bits per heavy atom. The van der Waals surface area contributed by atoms with Gasteiger partial charge in [-0.1, -0.05) is 23.9 Å². The van der Waals surface area contributed by atoms with Crippen molar-refractivity contribution in [2.45, 2.75) is 6.92 Å². The molecule has 0 fully saturated rings.